The minimum absolute atomic E-state index is 0.0255. The molecule has 0 unspecified atom stereocenters. The van der Waals surface area contributed by atoms with E-state index < -0.39 is 12.0 Å². The van der Waals surface area contributed by atoms with Crippen molar-refractivity contribution in [1.82, 2.24) is 10.6 Å². The summed E-state index contributed by atoms with van der Waals surface area (Å²) in [5.41, 5.74) is 0.691. The van der Waals surface area contributed by atoms with Crippen molar-refractivity contribution in [2.24, 2.45) is 0 Å². The smallest absolute Gasteiger partial charge is 0.326 e. The molecule has 226 valence electrons. The number of nitrogens with one attached hydrogen (secondary N) is 2. The van der Waals surface area contributed by atoms with Crippen molar-refractivity contribution in [3.8, 4) is 0 Å². The predicted octanol–water partition coefficient (Wildman–Crippen LogP) is 5.59. The number of carbonyl (C=O) groups excluding carboxylic acids is 2. The molecule has 39 heavy (non-hydrogen) atoms. The first-order valence-electron chi connectivity index (χ1n) is 14.7. The molecule has 0 fully saturated rings. The molecule has 4 N–H and O–H groups in total. The molecule has 0 spiro atoms. The van der Waals surface area contributed by atoms with E-state index in [9.17, 15) is 19.5 Å². The number of aliphatic hydroxyl groups is 1. The highest BCUT2D eigenvalue weighted by Gasteiger charge is 2.19. The van der Waals surface area contributed by atoms with Crippen LogP contribution in [0.5, 0.6) is 0 Å². The van der Waals surface area contributed by atoms with Gasteiger partial charge in [0.2, 0.25) is 5.91 Å². The van der Waals surface area contributed by atoms with Gasteiger partial charge in [0.15, 0.2) is 5.78 Å². The molecule has 0 saturated heterocycles. The van der Waals surface area contributed by atoms with Crippen LogP contribution in [0.1, 0.15) is 110 Å². The zero-order chi connectivity index (χ0) is 29.1. The second kappa shape index (κ2) is 25.9. The summed E-state index contributed by atoms with van der Waals surface area (Å²) in [4.78, 5) is 34.5. The van der Waals surface area contributed by atoms with Gasteiger partial charge in [0.25, 0.3) is 0 Å². The summed E-state index contributed by atoms with van der Waals surface area (Å²) >= 11 is 0. The molecule has 0 aliphatic rings. The number of rotatable bonds is 29. The number of Topliss-reactive ketones (excluding diaryl/α,β-unsaturated/α-hetero) is 1. The lowest BCUT2D eigenvalue weighted by Gasteiger charge is -2.16. The molecule has 0 aliphatic heterocycles. The summed E-state index contributed by atoms with van der Waals surface area (Å²) in [5, 5.41) is 24.2. The third-order valence-corrected chi connectivity index (χ3v) is 6.29. The van der Waals surface area contributed by atoms with Crippen LogP contribution < -0.4 is 10.6 Å². The quantitative estimate of drug-likeness (QED) is 0.0694. The molecule has 0 aliphatic carbocycles. The van der Waals surface area contributed by atoms with E-state index >= 15 is 0 Å². The van der Waals surface area contributed by atoms with Crippen molar-refractivity contribution in [3.63, 3.8) is 0 Å². The van der Waals surface area contributed by atoms with Gasteiger partial charge in [-0.1, -0.05) is 77.4 Å². The number of ketones is 1. The number of allylic oxidation sites excluding steroid dienone is 2. The fourth-order valence-electron chi connectivity index (χ4n) is 4.05. The van der Waals surface area contributed by atoms with Crippen LogP contribution in [0.25, 0.3) is 0 Å². The molecule has 1 atom stereocenters. The standard InChI is InChI=1S/C30H54N2O7/c1-25(31-20-21-38-22-23-39-24-27(3)34)18-19-28(30(36)37)32-29(35)17-15-13-11-9-7-5-4-6-8-10-12-14-16-26(2)33/h28,31,33H,1-2,4-24H2,3H3,(H,32,35)(H,36,37)/t28-/m0/s1. The van der Waals surface area contributed by atoms with Gasteiger partial charge in [-0.25, -0.2) is 4.79 Å². The van der Waals surface area contributed by atoms with E-state index in [1.165, 1.54) is 51.9 Å². The van der Waals surface area contributed by atoms with Gasteiger partial charge < -0.3 is 30.3 Å². The highest BCUT2D eigenvalue weighted by molar-refractivity contribution is 5.83. The van der Waals surface area contributed by atoms with Crippen molar-refractivity contribution >= 4 is 17.7 Å². The van der Waals surface area contributed by atoms with Gasteiger partial charge in [0.05, 0.1) is 25.6 Å². The van der Waals surface area contributed by atoms with E-state index in [1.807, 2.05) is 0 Å². The second-order valence-corrected chi connectivity index (χ2v) is 10.2. The third kappa shape index (κ3) is 27.0. The molecular weight excluding hydrogens is 500 g/mol. The number of carbonyl (C=O) groups is 3. The zero-order valence-electron chi connectivity index (χ0n) is 24.3. The Hall–Kier alpha value is -2.39. The van der Waals surface area contributed by atoms with Gasteiger partial charge in [-0.2, -0.15) is 0 Å². The topological polar surface area (TPSA) is 134 Å². The molecule has 9 heteroatoms. The number of amides is 1. The Balaban J connectivity index is 3.70. The van der Waals surface area contributed by atoms with Gasteiger partial charge in [0, 0.05) is 25.1 Å². The Morgan fingerprint density at radius 1 is 0.718 bits per heavy atom. The number of carboxylic acids is 1. The molecule has 9 nitrogen and oxygen atoms in total. The molecule has 0 heterocycles. The molecule has 0 bridgehead atoms. The molecule has 0 aromatic rings. The maximum Gasteiger partial charge on any atom is 0.326 e. The van der Waals surface area contributed by atoms with Crippen molar-refractivity contribution in [2.45, 2.75) is 116 Å². The Labute approximate surface area is 235 Å². The summed E-state index contributed by atoms with van der Waals surface area (Å²) in [6.45, 7) is 10.7. The highest BCUT2D eigenvalue weighted by atomic mass is 16.5. The number of ether oxygens (including phenoxy) is 2. The fraction of sp³-hybridized carbons (Fsp3) is 0.767. The summed E-state index contributed by atoms with van der Waals surface area (Å²) in [7, 11) is 0. The van der Waals surface area contributed by atoms with Crippen LogP contribution in [0, 0.1) is 0 Å². The second-order valence-electron chi connectivity index (χ2n) is 10.2. The average Bonchev–Trinajstić information content (AvgIpc) is 2.87. The summed E-state index contributed by atoms with van der Waals surface area (Å²) in [6.07, 6.45) is 15.4. The lowest BCUT2D eigenvalue weighted by atomic mass is 10.0. The first-order chi connectivity index (χ1) is 18.7. The number of hydrogen-bond acceptors (Lipinski definition) is 7. The van der Waals surface area contributed by atoms with Gasteiger partial charge in [-0.05, 0) is 32.6 Å². The molecule has 0 aromatic heterocycles. The molecule has 0 saturated carbocycles. The molecule has 0 aromatic carbocycles. The summed E-state index contributed by atoms with van der Waals surface area (Å²) < 4.78 is 10.5. The minimum Gasteiger partial charge on any atom is -0.513 e. The van der Waals surface area contributed by atoms with Crippen LogP contribution >= 0.6 is 0 Å². The van der Waals surface area contributed by atoms with Crippen LogP contribution in [0.3, 0.4) is 0 Å². The summed E-state index contributed by atoms with van der Waals surface area (Å²) in [5.74, 6) is -0.995. The Bertz CT molecular complexity index is 697. The van der Waals surface area contributed by atoms with Crippen molar-refractivity contribution < 1.29 is 34.1 Å². The molecule has 0 rings (SSSR count). The van der Waals surface area contributed by atoms with Crippen molar-refractivity contribution in [3.05, 3.63) is 24.6 Å². The number of carboxylic acid groups (broad SMARTS) is 1. The lowest BCUT2D eigenvalue weighted by molar-refractivity contribution is -0.142. The van der Waals surface area contributed by atoms with Crippen LogP contribution in [-0.4, -0.2) is 66.9 Å². The molecular formula is C30H54N2O7. The van der Waals surface area contributed by atoms with Crippen LogP contribution in [0.2, 0.25) is 0 Å². The third-order valence-electron chi connectivity index (χ3n) is 6.29. The van der Waals surface area contributed by atoms with Gasteiger partial charge in [-0.15, -0.1) is 0 Å². The minimum atomic E-state index is -1.04. The van der Waals surface area contributed by atoms with Gasteiger partial charge in [0.1, 0.15) is 12.6 Å². The Kier molecular flexibility index (Phi) is 24.3. The van der Waals surface area contributed by atoms with Crippen LogP contribution in [-0.2, 0) is 23.9 Å². The van der Waals surface area contributed by atoms with E-state index in [2.05, 4.69) is 23.8 Å². The van der Waals surface area contributed by atoms with Crippen LogP contribution in [0.15, 0.2) is 24.6 Å². The first kappa shape index (κ1) is 36.6. The average molecular weight is 555 g/mol. The number of aliphatic carboxylic acids is 1. The van der Waals surface area contributed by atoms with Crippen LogP contribution in [0.4, 0.5) is 0 Å². The summed E-state index contributed by atoms with van der Waals surface area (Å²) in [6, 6.07) is -0.931. The van der Waals surface area contributed by atoms with E-state index in [-0.39, 0.29) is 30.5 Å². The normalized spacial score (nSPS) is 11.6. The van der Waals surface area contributed by atoms with E-state index in [0.29, 0.717) is 44.9 Å². The van der Waals surface area contributed by atoms with E-state index in [4.69, 9.17) is 14.6 Å². The number of unbranched alkanes of at least 4 members (excludes halogenated alkanes) is 11. The largest absolute Gasteiger partial charge is 0.513 e. The van der Waals surface area contributed by atoms with E-state index in [0.717, 1.165) is 38.5 Å². The fourth-order valence-corrected chi connectivity index (χ4v) is 4.05. The Morgan fingerprint density at radius 3 is 1.74 bits per heavy atom. The highest BCUT2D eigenvalue weighted by Crippen LogP contribution is 2.14. The number of aliphatic hydroxyl groups excluding tert-OH is 1. The molecule has 1 amide bonds. The number of hydrogen-bond donors (Lipinski definition) is 4. The first-order valence-corrected chi connectivity index (χ1v) is 14.7. The van der Waals surface area contributed by atoms with E-state index in [1.54, 1.807) is 0 Å². The van der Waals surface area contributed by atoms with Gasteiger partial charge in [-0.3, -0.25) is 9.59 Å². The Morgan fingerprint density at radius 2 is 1.23 bits per heavy atom. The zero-order valence-corrected chi connectivity index (χ0v) is 24.3. The SMILES string of the molecule is C=C(O)CCCCCCCCCCCCCCC(=O)N[C@@H](CCC(=C)NCCOCCOCC(C)=O)C(=O)O. The predicted molar refractivity (Wildman–Crippen MR) is 155 cm³/mol. The maximum atomic E-state index is 12.2. The monoisotopic (exact) mass is 554 g/mol. The van der Waals surface area contributed by atoms with Gasteiger partial charge >= 0.3 is 5.97 Å². The lowest BCUT2D eigenvalue weighted by Crippen LogP contribution is -2.41. The molecule has 0 radical (unpaired) electrons. The van der Waals surface area contributed by atoms with Crippen molar-refractivity contribution in [2.75, 3.05) is 33.0 Å². The van der Waals surface area contributed by atoms with Crippen molar-refractivity contribution in [1.29, 1.82) is 0 Å². The maximum absolute atomic E-state index is 12.2.